The summed E-state index contributed by atoms with van der Waals surface area (Å²) < 4.78 is 11.9. The number of thioether (sulfide) groups is 1. The highest BCUT2D eigenvalue weighted by Gasteiger charge is 2.36. The average Bonchev–Trinajstić information content (AvgIpc) is 3.31. The van der Waals surface area contributed by atoms with E-state index in [9.17, 15) is 14.4 Å². The summed E-state index contributed by atoms with van der Waals surface area (Å²) in [4.78, 5) is 37.5. The molecule has 0 aliphatic carbocycles. The van der Waals surface area contributed by atoms with Crippen molar-refractivity contribution in [1.82, 2.24) is 9.47 Å². The highest BCUT2D eigenvalue weighted by Crippen LogP contribution is 2.33. The molecule has 2 aromatic heterocycles. The molecule has 3 rings (SSSR count). The van der Waals surface area contributed by atoms with Crippen molar-refractivity contribution in [1.29, 1.82) is 0 Å². The van der Waals surface area contributed by atoms with E-state index < -0.39 is 5.97 Å². The highest BCUT2D eigenvalue weighted by molar-refractivity contribution is 8.18. The maximum absolute atomic E-state index is 12.5. The second kappa shape index (κ2) is 7.02. The Kier molecular flexibility index (Phi) is 4.80. The maximum Gasteiger partial charge on any atom is 0.373 e. The van der Waals surface area contributed by atoms with Crippen LogP contribution < -0.4 is 0 Å². The van der Waals surface area contributed by atoms with Gasteiger partial charge >= 0.3 is 5.97 Å². The number of ether oxygens (including phenoxy) is 1. The number of furan rings is 1. The third kappa shape index (κ3) is 3.39. The molecule has 0 radical (unpaired) electrons. The fraction of sp³-hybridized carbons (Fsp3) is 0.235. The molecule has 2 amide bonds. The zero-order chi connectivity index (χ0) is 18.0. The largest absolute Gasteiger partial charge is 0.463 e. The van der Waals surface area contributed by atoms with Gasteiger partial charge in [-0.3, -0.25) is 14.5 Å². The number of nitrogens with zero attached hydrogens (tertiary/aromatic N) is 2. The second-order valence-electron chi connectivity index (χ2n) is 5.24. The van der Waals surface area contributed by atoms with Crippen LogP contribution in [0.1, 0.15) is 28.9 Å². The minimum Gasteiger partial charge on any atom is -0.463 e. The van der Waals surface area contributed by atoms with Gasteiger partial charge in [-0.2, -0.15) is 0 Å². The molecular formula is C17H16N2O5S. The molecule has 8 heteroatoms. The van der Waals surface area contributed by atoms with Crippen LogP contribution >= 0.6 is 11.8 Å². The third-order valence-corrected chi connectivity index (χ3v) is 4.63. The lowest BCUT2D eigenvalue weighted by Gasteiger charge is -2.10. The summed E-state index contributed by atoms with van der Waals surface area (Å²) in [6.45, 7) is 2.73. The van der Waals surface area contributed by atoms with Crippen LogP contribution in [-0.4, -0.2) is 33.7 Å². The van der Waals surface area contributed by atoms with Gasteiger partial charge in [0.1, 0.15) is 5.76 Å². The van der Waals surface area contributed by atoms with Gasteiger partial charge in [0, 0.05) is 18.4 Å². The molecule has 7 nitrogen and oxygen atoms in total. The SMILES string of the molecule is CCn1cccc1C=C1SC(=O)N(Cc2ccc(C(=O)OC)o2)C1=O. The van der Waals surface area contributed by atoms with Gasteiger partial charge in [0.05, 0.1) is 18.6 Å². The molecule has 0 bridgehead atoms. The van der Waals surface area contributed by atoms with Gasteiger partial charge < -0.3 is 13.7 Å². The summed E-state index contributed by atoms with van der Waals surface area (Å²) in [5, 5.41) is -0.373. The van der Waals surface area contributed by atoms with E-state index in [0.29, 0.717) is 10.7 Å². The number of methoxy groups -OCH3 is 1. The van der Waals surface area contributed by atoms with Crippen molar-refractivity contribution >= 4 is 35.0 Å². The lowest BCUT2D eigenvalue weighted by Crippen LogP contribution is -2.27. The number of aromatic nitrogens is 1. The lowest BCUT2D eigenvalue weighted by molar-refractivity contribution is -0.123. The van der Waals surface area contributed by atoms with Crippen molar-refractivity contribution in [3.63, 3.8) is 0 Å². The van der Waals surface area contributed by atoms with E-state index in [1.165, 1.54) is 13.2 Å². The third-order valence-electron chi connectivity index (χ3n) is 3.72. The van der Waals surface area contributed by atoms with Crippen LogP contribution in [0.5, 0.6) is 0 Å². The molecule has 0 aromatic carbocycles. The number of rotatable bonds is 5. The Balaban J connectivity index is 1.77. The van der Waals surface area contributed by atoms with Crippen LogP contribution in [0.15, 0.2) is 39.8 Å². The van der Waals surface area contributed by atoms with E-state index in [2.05, 4.69) is 4.74 Å². The number of aryl methyl sites for hydroxylation is 1. The van der Waals surface area contributed by atoms with Crippen molar-refractivity contribution in [2.45, 2.75) is 20.0 Å². The number of amides is 2. The Morgan fingerprint density at radius 1 is 1.32 bits per heavy atom. The fourth-order valence-electron chi connectivity index (χ4n) is 2.45. The van der Waals surface area contributed by atoms with E-state index in [4.69, 9.17) is 4.42 Å². The fourth-order valence-corrected chi connectivity index (χ4v) is 3.27. The quantitative estimate of drug-likeness (QED) is 0.602. The van der Waals surface area contributed by atoms with E-state index in [0.717, 1.165) is 28.9 Å². The molecule has 0 spiro atoms. The number of carbonyl (C=O) groups is 3. The molecular weight excluding hydrogens is 344 g/mol. The van der Waals surface area contributed by atoms with Crippen molar-refractivity contribution < 1.29 is 23.5 Å². The standard InChI is InChI=1S/C17H16N2O5S/c1-3-18-8-4-5-11(18)9-14-15(20)19(17(22)25-14)10-12-6-7-13(24-12)16(21)23-2/h4-9H,3,10H2,1-2H3. The predicted octanol–water partition coefficient (Wildman–Crippen LogP) is 3.12. The summed E-state index contributed by atoms with van der Waals surface area (Å²) in [6, 6.07) is 6.76. The molecule has 130 valence electrons. The molecule has 1 aliphatic heterocycles. The summed E-state index contributed by atoms with van der Waals surface area (Å²) in [5.41, 5.74) is 0.860. The van der Waals surface area contributed by atoms with Crippen LogP contribution in [-0.2, 0) is 22.6 Å². The molecule has 3 heterocycles. The number of imide groups is 1. The van der Waals surface area contributed by atoms with Crippen molar-refractivity contribution in [2.24, 2.45) is 0 Å². The van der Waals surface area contributed by atoms with Gasteiger partial charge in [-0.25, -0.2) is 4.79 Å². The topological polar surface area (TPSA) is 81.8 Å². The van der Waals surface area contributed by atoms with Gasteiger partial charge in [-0.15, -0.1) is 0 Å². The Bertz CT molecular complexity index is 864. The van der Waals surface area contributed by atoms with E-state index in [1.54, 1.807) is 12.1 Å². The van der Waals surface area contributed by atoms with Gasteiger partial charge in [0.2, 0.25) is 5.76 Å². The zero-order valence-electron chi connectivity index (χ0n) is 13.7. The molecule has 1 fully saturated rings. The summed E-state index contributed by atoms with van der Waals surface area (Å²) in [7, 11) is 1.25. The Morgan fingerprint density at radius 2 is 2.12 bits per heavy atom. The number of hydrogen-bond acceptors (Lipinski definition) is 6. The summed E-state index contributed by atoms with van der Waals surface area (Å²) in [5.74, 6) is -0.628. The van der Waals surface area contributed by atoms with E-state index in [-0.39, 0.29) is 23.5 Å². The summed E-state index contributed by atoms with van der Waals surface area (Å²) >= 11 is 0.888. The van der Waals surface area contributed by atoms with Gasteiger partial charge in [-0.05, 0) is 49.0 Å². The second-order valence-corrected chi connectivity index (χ2v) is 6.24. The molecule has 0 N–H and O–H groups in total. The highest BCUT2D eigenvalue weighted by atomic mass is 32.2. The smallest absolute Gasteiger partial charge is 0.373 e. The van der Waals surface area contributed by atoms with Crippen LogP contribution in [0.25, 0.3) is 6.08 Å². The number of carbonyl (C=O) groups excluding carboxylic acids is 3. The molecule has 0 atom stereocenters. The van der Waals surface area contributed by atoms with Crippen LogP contribution in [0.4, 0.5) is 4.79 Å². The molecule has 0 saturated carbocycles. The Labute approximate surface area is 148 Å². The first-order valence-electron chi connectivity index (χ1n) is 7.61. The molecule has 25 heavy (non-hydrogen) atoms. The average molecular weight is 360 g/mol. The number of hydrogen-bond donors (Lipinski definition) is 0. The van der Waals surface area contributed by atoms with Crippen LogP contribution in [0.2, 0.25) is 0 Å². The lowest BCUT2D eigenvalue weighted by atomic mass is 10.3. The van der Waals surface area contributed by atoms with Crippen molar-refractivity contribution in [3.05, 3.63) is 52.6 Å². The first-order valence-corrected chi connectivity index (χ1v) is 8.42. The molecule has 0 unspecified atom stereocenters. The maximum atomic E-state index is 12.5. The Morgan fingerprint density at radius 3 is 2.84 bits per heavy atom. The van der Waals surface area contributed by atoms with Crippen LogP contribution in [0.3, 0.4) is 0 Å². The van der Waals surface area contributed by atoms with Crippen molar-refractivity contribution in [2.75, 3.05) is 7.11 Å². The predicted molar refractivity (Wildman–Crippen MR) is 91.7 cm³/mol. The monoisotopic (exact) mass is 360 g/mol. The normalized spacial score (nSPS) is 16.1. The molecule has 1 aliphatic rings. The first kappa shape index (κ1) is 17.1. The van der Waals surface area contributed by atoms with Gasteiger partial charge in [0.15, 0.2) is 0 Å². The Hall–Kier alpha value is -2.74. The summed E-state index contributed by atoms with van der Waals surface area (Å²) in [6.07, 6.45) is 3.61. The number of esters is 1. The first-order chi connectivity index (χ1) is 12.0. The minimum atomic E-state index is -0.611. The van der Waals surface area contributed by atoms with Crippen LogP contribution in [0, 0.1) is 0 Å². The molecule has 1 saturated heterocycles. The molecule has 2 aromatic rings. The van der Waals surface area contributed by atoms with Gasteiger partial charge in [0.25, 0.3) is 11.1 Å². The minimum absolute atomic E-state index is 0.0285. The zero-order valence-corrected chi connectivity index (χ0v) is 14.5. The van der Waals surface area contributed by atoms with E-state index in [1.807, 2.05) is 29.8 Å². The van der Waals surface area contributed by atoms with Gasteiger partial charge in [-0.1, -0.05) is 0 Å². The van der Waals surface area contributed by atoms with Crippen molar-refractivity contribution in [3.8, 4) is 0 Å². The van der Waals surface area contributed by atoms with E-state index >= 15 is 0 Å².